The number of rotatable bonds is 6. The summed E-state index contributed by atoms with van der Waals surface area (Å²) >= 11 is 0. The number of nitrogens with zero attached hydrogens (tertiary/aromatic N) is 4. The maximum Gasteiger partial charge on any atom is 0.259 e. The molecular weight excluding hydrogens is 444 g/mol. The summed E-state index contributed by atoms with van der Waals surface area (Å²) < 4.78 is 11.7. The van der Waals surface area contributed by atoms with Gasteiger partial charge in [-0.25, -0.2) is 4.98 Å². The van der Waals surface area contributed by atoms with Crippen molar-refractivity contribution < 1.29 is 19.1 Å². The zero-order valence-electron chi connectivity index (χ0n) is 20.5. The second-order valence-corrected chi connectivity index (χ2v) is 8.81. The Morgan fingerprint density at radius 2 is 1.74 bits per heavy atom. The first kappa shape index (κ1) is 24.2. The molecule has 8 heteroatoms. The first-order chi connectivity index (χ1) is 16.8. The minimum Gasteiger partial charge on any atom is -0.491 e. The zero-order valence-corrected chi connectivity index (χ0v) is 20.5. The van der Waals surface area contributed by atoms with Crippen LogP contribution in [0.15, 0.2) is 60.9 Å². The summed E-state index contributed by atoms with van der Waals surface area (Å²) in [6, 6.07) is 14.4. The van der Waals surface area contributed by atoms with E-state index in [1.54, 1.807) is 47.3 Å². The van der Waals surface area contributed by atoms with Crippen molar-refractivity contribution in [2.24, 2.45) is 0 Å². The lowest BCUT2D eigenvalue weighted by Crippen LogP contribution is -2.51. The number of hydrogen-bond donors (Lipinski definition) is 0. The van der Waals surface area contributed by atoms with Gasteiger partial charge >= 0.3 is 0 Å². The standard InChI is InChI=1S/C27H30N4O4/c1-18(2)34-22-11-8-21(9-12-22)25-17-30(20(4)32)14-15-31(25)27(33)24-6-5-13-28-26(24)35-23-10-7-19(3)29-16-23/h5-13,16,18,25H,14-15,17H2,1-4H3/t25-/m0/s1. The van der Waals surface area contributed by atoms with Gasteiger partial charge in [-0.3, -0.25) is 14.6 Å². The quantitative estimate of drug-likeness (QED) is 0.526. The Balaban J connectivity index is 1.63. The van der Waals surface area contributed by atoms with Crippen molar-refractivity contribution in [1.82, 2.24) is 19.8 Å². The summed E-state index contributed by atoms with van der Waals surface area (Å²) in [6.45, 7) is 8.65. The molecule has 1 fully saturated rings. The van der Waals surface area contributed by atoms with Gasteiger partial charge in [0, 0.05) is 38.4 Å². The fraction of sp³-hybridized carbons (Fsp3) is 0.333. The zero-order chi connectivity index (χ0) is 24.9. The number of aromatic nitrogens is 2. The van der Waals surface area contributed by atoms with Crippen LogP contribution in [0.4, 0.5) is 0 Å². The summed E-state index contributed by atoms with van der Waals surface area (Å²) in [5, 5.41) is 0. The molecule has 182 valence electrons. The van der Waals surface area contributed by atoms with Crippen LogP contribution in [0, 0.1) is 6.92 Å². The first-order valence-corrected chi connectivity index (χ1v) is 11.7. The van der Waals surface area contributed by atoms with Gasteiger partial charge in [0.05, 0.1) is 18.3 Å². The predicted molar refractivity (Wildman–Crippen MR) is 132 cm³/mol. The molecule has 0 saturated carbocycles. The average molecular weight is 475 g/mol. The van der Waals surface area contributed by atoms with Crippen molar-refractivity contribution in [3.63, 3.8) is 0 Å². The third-order valence-corrected chi connectivity index (χ3v) is 5.82. The van der Waals surface area contributed by atoms with Crippen molar-refractivity contribution in [2.45, 2.75) is 39.8 Å². The summed E-state index contributed by atoms with van der Waals surface area (Å²) in [4.78, 5) is 38.1. The van der Waals surface area contributed by atoms with Crippen LogP contribution in [0.1, 0.15) is 48.4 Å². The number of carbonyl (C=O) groups is 2. The molecule has 3 heterocycles. The molecule has 1 aliphatic rings. The normalized spacial score (nSPS) is 15.7. The van der Waals surface area contributed by atoms with Crippen molar-refractivity contribution >= 4 is 11.8 Å². The van der Waals surface area contributed by atoms with Gasteiger partial charge in [-0.15, -0.1) is 0 Å². The van der Waals surface area contributed by atoms with Gasteiger partial charge < -0.3 is 19.3 Å². The SMILES string of the molecule is CC(=O)N1CCN(C(=O)c2cccnc2Oc2ccc(C)nc2)[C@H](c2ccc(OC(C)C)cc2)C1. The van der Waals surface area contributed by atoms with Crippen LogP contribution < -0.4 is 9.47 Å². The van der Waals surface area contributed by atoms with Gasteiger partial charge in [0.15, 0.2) is 0 Å². The molecule has 0 spiro atoms. The van der Waals surface area contributed by atoms with Crippen LogP contribution in [0.25, 0.3) is 0 Å². The van der Waals surface area contributed by atoms with Gasteiger partial charge in [-0.1, -0.05) is 12.1 Å². The summed E-state index contributed by atoms with van der Waals surface area (Å²) in [5.41, 5.74) is 2.15. The van der Waals surface area contributed by atoms with Crippen molar-refractivity contribution in [1.29, 1.82) is 0 Å². The average Bonchev–Trinajstić information content (AvgIpc) is 2.85. The first-order valence-electron chi connectivity index (χ1n) is 11.7. The highest BCUT2D eigenvalue weighted by Gasteiger charge is 2.34. The molecule has 0 unspecified atom stereocenters. The van der Waals surface area contributed by atoms with Gasteiger partial charge in [0.2, 0.25) is 11.8 Å². The number of amides is 2. The lowest BCUT2D eigenvalue weighted by Gasteiger charge is -2.41. The van der Waals surface area contributed by atoms with E-state index in [9.17, 15) is 9.59 Å². The van der Waals surface area contributed by atoms with Crippen molar-refractivity contribution in [2.75, 3.05) is 19.6 Å². The van der Waals surface area contributed by atoms with Gasteiger partial charge in [0.25, 0.3) is 5.91 Å². The predicted octanol–water partition coefficient (Wildman–Crippen LogP) is 4.41. The Hall–Kier alpha value is -3.94. The molecule has 3 aromatic rings. The molecule has 1 saturated heterocycles. The third kappa shape index (κ3) is 5.77. The Kier molecular flexibility index (Phi) is 7.29. The molecule has 1 atom stereocenters. The van der Waals surface area contributed by atoms with Crippen molar-refractivity contribution in [3.05, 3.63) is 77.7 Å². The molecule has 1 aliphatic heterocycles. The second kappa shape index (κ2) is 10.5. The van der Waals surface area contributed by atoms with Crippen LogP contribution in [0.5, 0.6) is 17.4 Å². The molecule has 0 aliphatic carbocycles. The Labute approximate surface area is 205 Å². The number of carbonyl (C=O) groups excluding carboxylic acids is 2. The molecule has 2 aromatic heterocycles. The highest BCUT2D eigenvalue weighted by atomic mass is 16.5. The molecule has 0 radical (unpaired) electrons. The summed E-state index contributed by atoms with van der Waals surface area (Å²) in [5.74, 6) is 1.26. The maximum absolute atomic E-state index is 13.8. The minimum atomic E-state index is -0.317. The molecule has 0 N–H and O–H groups in total. The maximum atomic E-state index is 13.8. The number of hydrogen-bond acceptors (Lipinski definition) is 6. The van der Waals surface area contributed by atoms with Crippen LogP contribution in [0.3, 0.4) is 0 Å². The number of ether oxygens (including phenoxy) is 2. The van der Waals surface area contributed by atoms with Crippen LogP contribution in [-0.2, 0) is 4.79 Å². The minimum absolute atomic E-state index is 0.0147. The van der Waals surface area contributed by atoms with Crippen LogP contribution in [-0.4, -0.2) is 57.3 Å². The lowest BCUT2D eigenvalue weighted by molar-refractivity contribution is -0.131. The van der Waals surface area contributed by atoms with E-state index in [4.69, 9.17) is 9.47 Å². The monoisotopic (exact) mass is 474 g/mol. The molecule has 4 rings (SSSR count). The molecule has 35 heavy (non-hydrogen) atoms. The molecule has 8 nitrogen and oxygen atoms in total. The highest BCUT2D eigenvalue weighted by molar-refractivity contribution is 5.97. The smallest absolute Gasteiger partial charge is 0.259 e. The van der Waals surface area contributed by atoms with E-state index in [0.717, 1.165) is 17.0 Å². The van der Waals surface area contributed by atoms with Gasteiger partial charge in [-0.2, -0.15) is 0 Å². The summed E-state index contributed by atoms with van der Waals surface area (Å²) in [6.07, 6.45) is 3.26. The van der Waals surface area contributed by atoms with Gasteiger partial charge in [-0.05, 0) is 62.7 Å². The fourth-order valence-corrected chi connectivity index (χ4v) is 4.05. The fourth-order valence-electron chi connectivity index (χ4n) is 4.05. The third-order valence-electron chi connectivity index (χ3n) is 5.82. The van der Waals surface area contributed by atoms with E-state index < -0.39 is 0 Å². The summed E-state index contributed by atoms with van der Waals surface area (Å²) in [7, 11) is 0. The van der Waals surface area contributed by atoms with Crippen molar-refractivity contribution in [3.8, 4) is 17.4 Å². The Bertz CT molecular complexity index is 1180. The van der Waals surface area contributed by atoms with Crippen LogP contribution in [0.2, 0.25) is 0 Å². The number of piperazine rings is 1. The van der Waals surface area contributed by atoms with E-state index in [1.165, 1.54) is 0 Å². The number of aryl methyl sites for hydroxylation is 1. The highest BCUT2D eigenvalue weighted by Crippen LogP contribution is 2.31. The molecule has 2 amide bonds. The Morgan fingerprint density at radius 3 is 2.40 bits per heavy atom. The second-order valence-electron chi connectivity index (χ2n) is 8.81. The van der Waals surface area contributed by atoms with E-state index in [-0.39, 0.29) is 29.8 Å². The molecule has 1 aromatic carbocycles. The topological polar surface area (TPSA) is 84.9 Å². The van der Waals surface area contributed by atoms with E-state index in [0.29, 0.717) is 30.9 Å². The van der Waals surface area contributed by atoms with E-state index >= 15 is 0 Å². The lowest BCUT2D eigenvalue weighted by atomic mass is 10.0. The van der Waals surface area contributed by atoms with E-state index in [1.807, 2.05) is 51.1 Å². The molecular formula is C27H30N4O4. The van der Waals surface area contributed by atoms with E-state index in [2.05, 4.69) is 9.97 Å². The van der Waals surface area contributed by atoms with Crippen LogP contribution >= 0.6 is 0 Å². The Morgan fingerprint density at radius 1 is 1.00 bits per heavy atom. The van der Waals surface area contributed by atoms with Gasteiger partial charge in [0.1, 0.15) is 17.1 Å². The number of benzene rings is 1. The largest absolute Gasteiger partial charge is 0.491 e. The molecule has 0 bridgehead atoms. The number of pyridine rings is 2.